The molecule has 2 heterocycles. The number of aromatic nitrogens is 3. The Bertz CT molecular complexity index is 1340. The van der Waals surface area contributed by atoms with Crippen LogP contribution in [0.2, 0.25) is 0 Å². The van der Waals surface area contributed by atoms with Crippen molar-refractivity contribution in [1.29, 1.82) is 0 Å². The number of para-hydroxylation sites is 1. The Hall–Kier alpha value is -3.60. The Morgan fingerprint density at radius 1 is 1.04 bits per heavy atom. The summed E-state index contributed by atoms with van der Waals surface area (Å²) in [6.45, 7) is 3.06. The van der Waals surface area contributed by atoms with E-state index < -0.39 is 5.97 Å². The average molecular weight is 355 g/mol. The first kappa shape index (κ1) is 15.6. The molecule has 0 aliphatic carbocycles. The van der Waals surface area contributed by atoms with Crippen LogP contribution in [-0.4, -0.2) is 25.6 Å². The van der Waals surface area contributed by atoms with Crippen molar-refractivity contribution < 1.29 is 9.90 Å². The van der Waals surface area contributed by atoms with E-state index in [0.29, 0.717) is 5.52 Å². The lowest BCUT2D eigenvalue weighted by Crippen LogP contribution is -1.94. The standard InChI is InChI=1S/C22H17N3O2/c1-2-25-19-6-4-3-5-15(19)16-11-13(8-10-20(16)25)21-23-17-9-7-14(22(26)27)12-18(17)24-21/h3-12H,2H2,1H3,(H,23,24)(H,26,27). The molecule has 0 saturated carbocycles. The summed E-state index contributed by atoms with van der Waals surface area (Å²) in [5.41, 5.74) is 5.12. The van der Waals surface area contributed by atoms with Gasteiger partial charge in [-0.2, -0.15) is 0 Å². The molecule has 0 unspecified atom stereocenters. The number of carboxylic acids is 1. The van der Waals surface area contributed by atoms with Gasteiger partial charge in [-0.3, -0.25) is 0 Å². The average Bonchev–Trinajstić information content (AvgIpc) is 3.25. The smallest absolute Gasteiger partial charge is 0.335 e. The number of aryl methyl sites for hydroxylation is 1. The predicted molar refractivity (Wildman–Crippen MR) is 107 cm³/mol. The summed E-state index contributed by atoms with van der Waals surface area (Å²) in [6.07, 6.45) is 0. The molecule has 0 aliphatic heterocycles. The van der Waals surface area contributed by atoms with Crippen LogP contribution in [0.1, 0.15) is 17.3 Å². The van der Waals surface area contributed by atoms with Gasteiger partial charge in [-0.15, -0.1) is 0 Å². The molecule has 5 heteroatoms. The predicted octanol–water partition coefficient (Wildman–Crippen LogP) is 5.06. The van der Waals surface area contributed by atoms with E-state index in [9.17, 15) is 9.90 Å². The van der Waals surface area contributed by atoms with Gasteiger partial charge in [0.05, 0.1) is 16.6 Å². The molecule has 0 saturated heterocycles. The lowest BCUT2D eigenvalue weighted by molar-refractivity contribution is 0.0697. The zero-order valence-electron chi connectivity index (χ0n) is 14.7. The second-order valence-electron chi connectivity index (χ2n) is 6.62. The number of nitrogens with zero attached hydrogens (tertiary/aromatic N) is 2. The molecule has 2 aromatic heterocycles. The summed E-state index contributed by atoms with van der Waals surface area (Å²) in [5.74, 6) is -0.210. The van der Waals surface area contributed by atoms with Crippen LogP contribution < -0.4 is 0 Å². The summed E-state index contributed by atoms with van der Waals surface area (Å²) >= 11 is 0. The second kappa shape index (κ2) is 5.71. The Morgan fingerprint density at radius 2 is 1.85 bits per heavy atom. The van der Waals surface area contributed by atoms with Crippen LogP contribution in [0.4, 0.5) is 0 Å². The molecular formula is C22H17N3O2. The van der Waals surface area contributed by atoms with Crippen molar-refractivity contribution >= 4 is 38.8 Å². The maximum atomic E-state index is 11.2. The molecule has 27 heavy (non-hydrogen) atoms. The van der Waals surface area contributed by atoms with Crippen molar-refractivity contribution in [2.75, 3.05) is 0 Å². The molecular weight excluding hydrogens is 338 g/mol. The fourth-order valence-electron chi connectivity index (χ4n) is 3.82. The lowest BCUT2D eigenvalue weighted by Gasteiger charge is -2.03. The number of fused-ring (bicyclic) bond motifs is 4. The molecule has 0 fully saturated rings. The number of carboxylic acid groups (broad SMARTS) is 1. The number of aromatic carboxylic acids is 1. The van der Waals surface area contributed by atoms with Gasteiger partial charge < -0.3 is 14.7 Å². The SMILES string of the molecule is CCn1c2ccccc2c2cc(-c3nc4cc(C(=O)O)ccc4[nH]3)ccc21. The molecule has 0 radical (unpaired) electrons. The van der Waals surface area contributed by atoms with Crippen molar-refractivity contribution in [2.45, 2.75) is 13.5 Å². The molecule has 0 bridgehead atoms. The quantitative estimate of drug-likeness (QED) is 0.475. The topological polar surface area (TPSA) is 70.9 Å². The third-order valence-corrected chi connectivity index (χ3v) is 5.09. The van der Waals surface area contributed by atoms with Gasteiger partial charge in [-0.25, -0.2) is 9.78 Å². The number of hydrogen-bond donors (Lipinski definition) is 2. The van der Waals surface area contributed by atoms with Crippen molar-refractivity contribution in [2.24, 2.45) is 0 Å². The first-order valence-electron chi connectivity index (χ1n) is 8.90. The van der Waals surface area contributed by atoms with Crippen molar-refractivity contribution in [3.63, 3.8) is 0 Å². The minimum Gasteiger partial charge on any atom is -0.478 e. The van der Waals surface area contributed by atoms with E-state index in [1.54, 1.807) is 18.2 Å². The van der Waals surface area contributed by atoms with Gasteiger partial charge in [0.15, 0.2) is 0 Å². The highest BCUT2D eigenvalue weighted by Crippen LogP contribution is 2.32. The Morgan fingerprint density at radius 3 is 2.67 bits per heavy atom. The highest BCUT2D eigenvalue weighted by atomic mass is 16.4. The van der Waals surface area contributed by atoms with E-state index >= 15 is 0 Å². The summed E-state index contributed by atoms with van der Waals surface area (Å²) in [6, 6.07) is 19.7. The molecule has 0 spiro atoms. The van der Waals surface area contributed by atoms with Crippen molar-refractivity contribution in [1.82, 2.24) is 14.5 Å². The van der Waals surface area contributed by atoms with Gasteiger partial charge in [-0.05, 0) is 49.4 Å². The summed E-state index contributed by atoms with van der Waals surface area (Å²) in [5, 5.41) is 11.6. The van der Waals surface area contributed by atoms with E-state index in [2.05, 4.69) is 63.9 Å². The maximum Gasteiger partial charge on any atom is 0.335 e. The van der Waals surface area contributed by atoms with E-state index in [-0.39, 0.29) is 5.56 Å². The van der Waals surface area contributed by atoms with Gasteiger partial charge in [0.25, 0.3) is 0 Å². The molecule has 5 nitrogen and oxygen atoms in total. The molecule has 5 rings (SSSR count). The molecule has 2 N–H and O–H groups in total. The van der Waals surface area contributed by atoms with E-state index in [1.807, 2.05) is 0 Å². The number of imidazole rings is 1. The number of aromatic amines is 1. The lowest BCUT2D eigenvalue weighted by atomic mass is 10.1. The van der Waals surface area contributed by atoms with Gasteiger partial charge in [0, 0.05) is 33.9 Å². The van der Waals surface area contributed by atoms with Crippen LogP contribution in [0.25, 0.3) is 44.2 Å². The zero-order chi connectivity index (χ0) is 18.5. The molecule has 0 atom stereocenters. The minimum absolute atomic E-state index is 0.238. The van der Waals surface area contributed by atoms with Crippen LogP contribution in [-0.2, 0) is 6.54 Å². The number of carbonyl (C=O) groups is 1. The molecule has 0 aliphatic rings. The van der Waals surface area contributed by atoms with Gasteiger partial charge in [0.1, 0.15) is 5.82 Å². The van der Waals surface area contributed by atoms with Crippen LogP contribution >= 0.6 is 0 Å². The molecule has 3 aromatic carbocycles. The summed E-state index contributed by atoms with van der Waals surface area (Å²) < 4.78 is 2.31. The van der Waals surface area contributed by atoms with E-state index in [1.165, 1.54) is 21.8 Å². The first-order chi connectivity index (χ1) is 13.2. The zero-order valence-corrected chi connectivity index (χ0v) is 14.7. The van der Waals surface area contributed by atoms with Crippen LogP contribution in [0, 0.1) is 0 Å². The Kier molecular flexibility index (Phi) is 3.31. The largest absolute Gasteiger partial charge is 0.478 e. The molecule has 0 amide bonds. The van der Waals surface area contributed by atoms with Crippen LogP contribution in [0.3, 0.4) is 0 Å². The second-order valence-corrected chi connectivity index (χ2v) is 6.62. The monoisotopic (exact) mass is 355 g/mol. The fraction of sp³-hybridized carbons (Fsp3) is 0.0909. The fourth-order valence-corrected chi connectivity index (χ4v) is 3.82. The maximum absolute atomic E-state index is 11.2. The van der Waals surface area contributed by atoms with Crippen molar-refractivity contribution in [3.05, 3.63) is 66.2 Å². The van der Waals surface area contributed by atoms with Crippen molar-refractivity contribution in [3.8, 4) is 11.4 Å². The molecule has 132 valence electrons. The van der Waals surface area contributed by atoms with Crippen LogP contribution in [0.15, 0.2) is 60.7 Å². The Labute approximate surface area is 154 Å². The number of benzene rings is 3. The number of H-pyrrole nitrogens is 1. The number of rotatable bonds is 3. The first-order valence-corrected chi connectivity index (χ1v) is 8.90. The highest BCUT2D eigenvalue weighted by Gasteiger charge is 2.13. The van der Waals surface area contributed by atoms with Gasteiger partial charge >= 0.3 is 5.97 Å². The van der Waals surface area contributed by atoms with Gasteiger partial charge in [-0.1, -0.05) is 18.2 Å². The number of nitrogens with one attached hydrogen (secondary N) is 1. The van der Waals surface area contributed by atoms with E-state index in [0.717, 1.165) is 23.4 Å². The van der Waals surface area contributed by atoms with E-state index in [4.69, 9.17) is 0 Å². The van der Waals surface area contributed by atoms with Crippen LogP contribution in [0.5, 0.6) is 0 Å². The third kappa shape index (κ3) is 2.32. The highest BCUT2D eigenvalue weighted by molar-refractivity contribution is 6.09. The minimum atomic E-state index is -0.949. The molecule has 5 aromatic rings. The normalized spacial score (nSPS) is 11.6. The third-order valence-electron chi connectivity index (χ3n) is 5.09. The Balaban J connectivity index is 1.72. The summed E-state index contributed by atoms with van der Waals surface area (Å²) in [4.78, 5) is 19.1. The summed E-state index contributed by atoms with van der Waals surface area (Å²) in [7, 11) is 0. The number of hydrogen-bond acceptors (Lipinski definition) is 2. The van der Waals surface area contributed by atoms with Gasteiger partial charge in [0.2, 0.25) is 0 Å².